The Bertz CT molecular complexity index is 671. The summed E-state index contributed by atoms with van der Waals surface area (Å²) in [5.41, 5.74) is 0.636. The van der Waals surface area contributed by atoms with Crippen LogP contribution in [-0.4, -0.2) is 35.5 Å². The molecule has 7 heteroatoms. The van der Waals surface area contributed by atoms with E-state index in [0.717, 1.165) is 19.3 Å². The van der Waals surface area contributed by atoms with Crippen LogP contribution in [0.15, 0.2) is 24.3 Å². The van der Waals surface area contributed by atoms with Gasteiger partial charge in [-0.05, 0) is 37.8 Å². The number of hydrogen-bond donors (Lipinski definition) is 3. The highest BCUT2D eigenvalue weighted by molar-refractivity contribution is 5.94. The molecule has 3 rings (SSSR count). The van der Waals surface area contributed by atoms with Crippen molar-refractivity contribution in [3.05, 3.63) is 24.3 Å². The topological polar surface area (TPSA) is 105 Å². The molecular formula is C18H22N2O5. The van der Waals surface area contributed by atoms with Crippen LogP contribution < -0.4 is 15.4 Å². The zero-order valence-corrected chi connectivity index (χ0v) is 13.9. The van der Waals surface area contributed by atoms with Gasteiger partial charge in [-0.2, -0.15) is 0 Å². The van der Waals surface area contributed by atoms with Crippen molar-refractivity contribution < 1.29 is 24.2 Å². The fourth-order valence-corrected chi connectivity index (χ4v) is 3.08. The van der Waals surface area contributed by atoms with E-state index in [0.29, 0.717) is 24.3 Å². The molecule has 0 heterocycles. The number of nitrogens with one attached hydrogen (secondary N) is 2. The fourth-order valence-electron chi connectivity index (χ4n) is 3.08. The normalized spacial score (nSPS) is 22.2. The molecule has 7 nitrogen and oxygen atoms in total. The molecule has 0 aromatic heterocycles. The molecule has 25 heavy (non-hydrogen) atoms. The monoisotopic (exact) mass is 346 g/mol. The van der Waals surface area contributed by atoms with Gasteiger partial charge in [0.2, 0.25) is 5.91 Å². The molecular weight excluding hydrogens is 324 g/mol. The number of carbonyl (C=O) groups excluding carboxylic acids is 2. The Labute approximate surface area is 145 Å². The highest BCUT2D eigenvalue weighted by atomic mass is 16.5. The van der Waals surface area contributed by atoms with Crippen molar-refractivity contribution in [3.63, 3.8) is 0 Å². The standard InChI is InChI=1S/C18H22N2O5/c21-16(20-15-6-2-5-14(15)18(23)24)10-25-13-4-1-3-12(9-13)19-17(22)11-7-8-11/h1,3-4,9,11,14-15H,2,5-8,10H2,(H,19,22)(H,20,21)(H,23,24)/t14-,15+/m1/s1. The predicted octanol–water partition coefficient (Wildman–Crippen LogP) is 1.78. The van der Waals surface area contributed by atoms with E-state index in [-0.39, 0.29) is 30.4 Å². The van der Waals surface area contributed by atoms with Gasteiger partial charge in [-0.1, -0.05) is 12.5 Å². The first-order valence-electron chi connectivity index (χ1n) is 8.59. The van der Waals surface area contributed by atoms with Crippen LogP contribution in [0.2, 0.25) is 0 Å². The largest absolute Gasteiger partial charge is 0.484 e. The highest BCUT2D eigenvalue weighted by Gasteiger charge is 2.33. The summed E-state index contributed by atoms with van der Waals surface area (Å²) in [7, 11) is 0. The Kier molecular flexibility index (Phi) is 5.21. The first kappa shape index (κ1) is 17.3. The lowest BCUT2D eigenvalue weighted by molar-refractivity contribution is -0.142. The zero-order valence-electron chi connectivity index (χ0n) is 13.9. The van der Waals surface area contributed by atoms with Crippen molar-refractivity contribution in [2.45, 2.75) is 38.1 Å². The molecule has 2 aliphatic rings. The Morgan fingerprint density at radius 3 is 2.68 bits per heavy atom. The van der Waals surface area contributed by atoms with Gasteiger partial charge in [-0.3, -0.25) is 14.4 Å². The predicted molar refractivity (Wildman–Crippen MR) is 90.2 cm³/mol. The Morgan fingerprint density at radius 1 is 1.16 bits per heavy atom. The van der Waals surface area contributed by atoms with Gasteiger partial charge < -0.3 is 20.5 Å². The van der Waals surface area contributed by atoms with Gasteiger partial charge >= 0.3 is 5.97 Å². The quantitative estimate of drug-likeness (QED) is 0.698. The Balaban J connectivity index is 1.48. The number of amides is 2. The van der Waals surface area contributed by atoms with Gasteiger partial charge in [0.15, 0.2) is 6.61 Å². The SMILES string of the molecule is O=C(COc1cccc(NC(=O)C2CC2)c1)N[C@H]1CCC[C@H]1C(=O)O. The summed E-state index contributed by atoms with van der Waals surface area (Å²) < 4.78 is 5.46. The zero-order chi connectivity index (χ0) is 17.8. The molecule has 3 N–H and O–H groups in total. The maximum absolute atomic E-state index is 12.0. The third kappa shape index (κ3) is 4.71. The lowest BCUT2D eigenvalue weighted by Gasteiger charge is -2.17. The van der Waals surface area contributed by atoms with Gasteiger partial charge in [0.1, 0.15) is 5.75 Å². The van der Waals surface area contributed by atoms with Gasteiger partial charge in [-0.25, -0.2) is 0 Å². The van der Waals surface area contributed by atoms with Crippen molar-refractivity contribution in [1.82, 2.24) is 5.32 Å². The number of anilines is 1. The Morgan fingerprint density at radius 2 is 1.96 bits per heavy atom. The minimum atomic E-state index is -0.872. The van der Waals surface area contributed by atoms with Gasteiger partial charge in [0.05, 0.1) is 5.92 Å². The number of carboxylic acids is 1. The maximum Gasteiger partial charge on any atom is 0.308 e. The molecule has 0 radical (unpaired) electrons. The van der Waals surface area contributed by atoms with E-state index in [9.17, 15) is 14.4 Å². The van der Waals surface area contributed by atoms with Crippen molar-refractivity contribution >= 4 is 23.5 Å². The van der Waals surface area contributed by atoms with Crippen molar-refractivity contribution in [3.8, 4) is 5.75 Å². The van der Waals surface area contributed by atoms with Crippen LogP contribution in [0.1, 0.15) is 32.1 Å². The van der Waals surface area contributed by atoms with Crippen LogP contribution in [0.5, 0.6) is 5.75 Å². The number of aliphatic carboxylic acids is 1. The van der Waals surface area contributed by atoms with E-state index in [1.807, 2.05) is 0 Å². The summed E-state index contributed by atoms with van der Waals surface area (Å²) >= 11 is 0. The summed E-state index contributed by atoms with van der Waals surface area (Å²) in [6, 6.07) is 6.55. The number of hydrogen-bond acceptors (Lipinski definition) is 4. The molecule has 1 aromatic rings. The van der Waals surface area contributed by atoms with E-state index in [1.54, 1.807) is 24.3 Å². The number of benzene rings is 1. The van der Waals surface area contributed by atoms with E-state index in [4.69, 9.17) is 9.84 Å². The molecule has 0 bridgehead atoms. The summed E-state index contributed by atoms with van der Waals surface area (Å²) in [5.74, 6) is -1.14. The van der Waals surface area contributed by atoms with E-state index < -0.39 is 11.9 Å². The second-order valence-corrected chi connectivity index (χ2v) is 6.63. The molecule has 0 aliphatic heterocycles. The lowest BCUT2D eigenvalue weighted by atomic mass is 10.0. The van der Waals surface area contributed by atoms with E-state index in [1.165, 1.54) is 0 Å². The fraction of sp³-hybridized carbons (Fsp3) is 0.500. The summed E-state index contributed by atoms with van der Waals surface area (Å²) in [5, 5.41) is 14.7. The number of carboxylic acid groups (broad SMARTS) is 1. The average Bonchev–Trinajstić information content (AvgIpc) is 3.33. The van der Waals surface area contributed by atoms with Crippen molar-refractivity contribution in [1.29, 1.82) is 0 Å². The van der Waals surface area contributed by atoms with E-state index >= 15 is 0 Å². The van der Waals surface area contributed by atoms with Crippen molar-refractivity contribution in [2.75, 3.05) is 11.9 Å². The highest BCUT2D eigenvalue weighted by Crippen LogP contribution is 2.30. The molecule has 2 saturated carbocycles. The molecule has 0 spiro atoms. The van der Waals surface area contributed by atoms with Gasteiger partial charge in [0.25, 0.3) is 5.91 Å². The molecule has 2 amide bonds. The molecule has 2 aliphatic carbocycles. The van der Waals surface area contributed by atoms with Crippen molar-refractivity contribution in [2.24, 2.45) is 11.8 Å². The molecule has 2 fully saturated rings. The number of rotatable bonds is 7. The summed E-state index contributed by atoms with van der Waals surface area (Å²) in [6.45, 7) is -0.192. The minimum Gasteiger partial charge on any atom is -0.484 e. The Hall–Kier alpha value is -2.57. The van der Waals surface area contributed by atoms with Crippen LogP contribution in [0.3, 0.4) is 0 Å². The second kappa shape index (κ2) is 7.55. The number of carbonyl (C=O) groups is 3. The smallest absolute Gasteiger partial charge is 0.308 e. The molecule has 2 atom stereocenters. The number of ether oxygens (including phenoxy) is 1. The van der Waals surface area contributed by atoms with E-state index in [2.05, 4.69) is 10.6 Å². The first-order valence-corrected chi connectivity index (χ1v) is 8.59. The van der Waals surface area contributed by atoms with Gasteiger partial charge in [0, 0.05) is 23.7 Å². The second-order valence-electron chi connectivity index (χ2n) is 6.63. The molecule has 1 aromatic carbocycles. The average molecular weight is 346 g/mol. The summed E-state index contributed by atoms with van der Waals surface area (Å²) in [6.07, 6.45) is 3.92. The molecule has 134 valence electrons. The third-order valence-corrected chi connectivity index (χ3v) is 4.60. The summed E-state index contributed by atoms with van der Waals surface area (Å²) in [4.78, 5) is 34.9. The molecule has 0 unspecified atom stereocenters. The maximum atomic E-state index is 12.0. The van der Waals surface area contributed by atoms with Crippen LogP contribution >= 0.6 is 0 Å². The van der Waals surface area contributed by atoms with Crippen LogP contribution in [0.4, 0.5) is 5.69 Å². The van der Waals surface area contributed by atoms with Crippen LogP contribution in [0, 0.1) is 11.8 Å². The lowest BCUT2D eigenvalue weighted by Crippen LogP contribution is -2.42. The van der Waals surface area contributed by atoms with Gasteiger partial charge in [-0.15, -0.1) is 0 Å². The first-order chi connectivity index (χ1) is 12.0. The minimum absolute atomic E-state index is 0.0100. The third-order valence-electron chi connectivity index (χ3n) is 4.60. The van der Waals surface area contributed by atoms with Crippen LogP contribution in [-0.2, 0) is 14.4 Å². The molecule has 0 saturated heterocycles. The van der Waals surface area contributed by atoms with Crippen LogP contribution in [0.25, 0.3) is 0 Å².